The number of rotatable bonds is 6. The molecular weight excluding hydrogens is 538 g/mol. The Labute approximate surface area is 203 Å². The molecule has 0 radical (unpaired) electrons. The van der Waals surface area contributed by atoms with E-state index in [9.17, 15) is 14.4 Å². The van der Waals surface area contributed by atoms with Gasteiger partial charge in [-0.05, 0) is 28.7 Å². The fourth-order valence-corrected chi connectivity index (χ4v) is 7.90. The summed E-state index contributed by atoms with van der Waals surface area (Å²) in [6.45, 7) is 2.02. The number of halogens is 2. The molecule has 32 heavy (non-hydrogen) atoms. The smallest absolute Gasteiger partial charge is 0.326 e. The van der Waals surface area contributed by atoms with E-state index in [0.717, 1.165) is 46.4 Å². The quantitative estimate of drug-likeness (QED) is 0.224. The number of hydrogen-bond donors (Lipinski definition) is 0. The highest BCUT2D eigenvalue weighted by atomic mass is 79.9. The van der Waals surface area contributed by atoms with Crippen LogP contribution in [0.2, 0.25) is 0 Å². The van der Waals surface area contributed by atoms with Crippen molar-refractivity contribution in [2.45, 2.75) is 34.8 Å². The summed E-state index contributed by atoms with van der Waals surface area (Å²) in [6.07, 6.45) is 2.76. The lowest BCUT2D eigenvalue weighted by Crippen LogP contribution is -2.56. The van der Waals surface area contributed by atoms with Crippen LogP contribution in [0, 0.1) is 11.8 Å². The Hall–Kier alpha value is -1.99. The third-order valence-electron chi connectivity index (χ3n) is 6.97. The van der Waals surface area contributed by atoms with Crippen molar-refractivity contribution in [1.29, 1.82) is 0 Å². The van der Waals surface area contributed by atoms with Crippen molar-refractivity contribution >= 4 is 49.6 Å². The minimum atomic E-state index is -0.840. The normalized spacial score (nSPS) is 29.5. The minimum absolute atomic E-state index is 0.303. The van der Waals surface area contributed by atoms with Crippen LogP contribution in [0.25, 0.3) is 0 Å². The molecule has 0 spiro atoms. The van der Waals surface area contributed by atoms with Gasteiger partial charge in [-0.1, -0.05) is 100 Å². The van der Waals surface area contributed by atoms with Gasteiger partial charge in [0, 0.05) is 0 Å². The lowest BCUT2D eigenvalue weighted by molar-refractivity contribution is -0.153. The summed E-state index contributed by atoms with van der Waals surface area (Å²) in [5.74, 6) is -2.54. The van der Waals surface area contributed by atoms with E-state index in [1.807, 2.05) is 48.5 Å². The molecule has 0 unspecified atom stereocenters. The summed E-state index contributed by atoms with van der Waals surface area (Å²) in [5.41, 5.74) is 3.90. The third-order valence-corrected chi connectivity index (χ3v) is 9.67. The Bertz CT molecular complexity index is 1010. The number of esters is 1. The van der Waals surface area contributed by atoms with Gasteiger partial charge >= 0.3 is 5.97 Å². The number of carbonyl (C=O) groups excluding carboxylic acids is 3. The van der Waals surface area contributed by atoms with Crippen LogP contribution in [-0.2, 0) is 27.8 Å². The minimum Gasteiger partial charge on any atom is -0.464 e. The topological polar surface area (TPSA) is 63.7 Å². The number of alkyl halides is 2. The first-order valence-corrected chi connectivity index (χ1v) is 12.5. The molecule has 0 saturated carbocycles. The first-order chi connectivity index (χ1) is 15.4. The highest BCUT2D eigenvalue weighted by Gasteiger charge is 2.72. The van der Waals surface area contributed by atoms with Crippen molar-refractivity contribution in [3.63, 3.8) is 0 Å². The zero-order chi connectivity index (χ0) is 22.7. The molecule has 166 valence electrons. The largest absolute Gasteiger partial charge is 0.464 e. The van der Waals surface area contributed by atoms with Crippen LogP contribution < -0.4 is 0 Å². The maximum Gasteiger partial charge on any atom is 0.326 e. The van der Waals surface area contributed by atoms with Crippen LogP contribution in [-0.4, -0.2) is 35.8 Å². The third kappa shape index (κ3) is 2.76. The predicted molar refractivity (Wildman–Crippen MR) is 126 cm³/mol. The number of ether oxygens (including phenoxy) is 1. The van der Waals surface area contributed by atoms with Gasteiger partial charge in [0.15, 0.2) is 0 Å². The maximum atomic E-state index is 13.7. The number of benzene rings is 2. The fraction of sp³-hybridized carbons (Fsp3) is 0.400. The Morgan fingerprint density at radius 1 is 0.875 bits per heavy atom. The Kier molecular flexibility index (Phi) is 5.32. The molecule has 2 aromatic carbocycles. The summed E-state index contributed by atoms with van der Waals surface area (Å²) in [7, 11) is 0. The summed E-state index contributed by atoms with van der Waals surface area (Å²) >= 11 is 7.89. The van der Waals surface area contributed by atoms with Crippen molar-refractivity contribution in [2.24, 2.45) is 11.8 Å². The second kappa shape index (κ2) is 7.80. The number of imide groups is 1. The first kappa shape index (κ1) is 21.8. The van der Waals surface area contributed by atoms with Gasteiger partial charge in [-0.15, -0.1) is 0 Å². The summed E-state index contributed by atoms with van der Waals surface area (Å²) in [4.78, 5) is 40.9. The van der Waals surface area contributed by atoms with Crippen LogP contribution in [0.4, 0.5) is 0 Å². The van der Waals surface area contributed by atoms with E-state index in [2.05, 4.69) is 38.8 Å². The van der Waals surface area contributed by atoms with E-state index in [1.54, 1.807) is 0 Å². The van der Waals surface area contributed by atoms with Gasteiger partial charge in [-0.3, -0.25) is 19.3 Å². The van der Waals surface area contributed by atoms with Crippen LogP contribution in [0.5, 0.6) is 0 Å². The zero-order valence-corrected chi connectivity index (χ0v) is 20.8. The van der Waals surface area contributed by atoms with Crippen molar-refractivity contribution in [3.05, 3.63) is 70.8 Å². The number of nitrogens with zero attached hydrogens (tertiary/aromatic N) is 1. The van der Waals surface area contributed by atoms with Gasteiger partial charge in [0.25, 0.3) is 0 Å². The molecule has 6 rings (SSSR count). The Balaban J connectivity index is 1.56. The molecule has 2 amide bonds. The van der Waals surface area contributed by atoms with Crippen LogP contribution in [0.15, 0.2) is 48.5 Å². The fourth-order valence-electron chi connectivity index (χ4n) is 5.59. The van der Waals surface area contributed by atoms with Crippen molar-refractivity contribution < 1.29 is 19.1 Å². The lowest BCUT2D eigenvalue weighted by atomic mass is 9.54. The number of amides is 2. The molecule has 1 aliphatic heterocycles. The van der Waals surface area contributed by atoms with Gasteiger partial charge in [0.2, 0.25) is 11.8 Å². The molecular formula is C25H23Br2NO4. The van der Waals surface area contributed by atoms with E-state index in [0.29, 0.717) is 6.61 Å². The van der Waals surface area contributed by atoms with Crippen molar-refractivity contribution in [1.82, 2.24) is 4.90 Å². The summed E-state index contributed by atoms with van der Waals surface area (Å²) < 4.78 is 3.61. The maximum absolute atomic E-state index is 13.7. The lowest BCUT2D eigenvalue weighted by Gasteiger charge is -2.55. The molecule has 1 fully saturated rings. The number of carbonyl (C=O) groups is 3. The number of hydrogen-bond acceptors (Lipinski definition) is 4. The van der Waals surface area contributed by atoms with E-state index in [1.165, 1.54) is 0 Å². The Morgan fingerprint density at radius 3 is 1.72 bits per heavy atom. The summed E-state index contributed by atoms with van der Waals surface area (Å²) in [5, 5.41) is 0. The Morgan fingerprint density at radius 2 is 1.31 bits per heavy atom. The summed E-state index contributed by atoms with van der Waals surface area (Å²) in [6, 6.07) is 15.8. The van der Waals surface area contributed by atoms with Gasteiger partial charge < -0.3 is 4.74 Å². The van der Waals surface area contributed by atoms with Crippen LogP contribution >= 0.6 is 31.9 Å². The molecule has 2 bridgehead atoms. The molecule has 4 aliphatic rings. The average Bonchev–Trinajstić information content (AvgIpc) is 3.06. The molecule has 0 aromatic heterocycles. The molecule has 2 aromatic rings. The van der Waals surface area contributed by atoms with Gasteiger partial charge in [-0.25, -0.2) is 0 Å². The zero-order valence-electron chi connectivity index (χ0n) is 17.6. The monoisotopic (exact) mass is 559 g/mol. The highest BCUT2D eigenvalue weighted by molar-refractivity contribution is 9.10. The number of unbranched alkanes of at least 4 members (excludes halogenated alkanes) is 2. The van der Waals surface area contributed by atoms with E-state index in [-0.39, 0.29) is 18.4 Å². The van der Waals surface area contributed by atoms with E-state index >= 15 is 0 Å². The van der Waals surface area contributed by atoms with Gasteiger partial charge in [0.1, 0.15) is 6.54 Å². The number of likely N-dealkylation sites (tertiary alicyclic amines) is 1. The van der Waals surface area contributed by atoms with Crippen molar-refractivity contribution in [2.75, 3.05) is 13.2 Å². The molecule has 3 aliphatic carbocycles. The second-order valence-electron chi connectivity index (χ2n) is 8.66. The molecule has 5 nitrogen and oxygen atoms in total. The van der Waals surface area contributed by atoms with Gasteiger partial charge in [0.05, 0.1) is 27.1 Å². The van der Waals surface area contributed by atoms with Crippen molar-refractivity contribution in [3.8, 4) is 0 Å². The average molecular weight is 561 g/mol. The molecule has 2 atom stereocenters. The van der Waals surface area contributed by atoms with Crippen LogP contribution in [0.1, 0.15) is 48.4 Å². The van der Waals surface area contributed by atoms with E-state index < -0.39 is 26.5 Å². The first-order valence-electron chi connectivity index (χ1n) is 10.9. The highest BCUT2D eigenvalue weighted by Crippen LogP contribution is 2.70. The van der Waals surface area contributed by atoms with Gasteiger partial charge in [-0.2, -0.15) is 0 Å². The molecule has 1 saturated heterocycles. The molecule has 1 heterocycles. The SMILES string of the molecule is CCCCCOC(=O)CN1C(=O)[C@@H]2[C@@H](C1=O)C1(Br)c3ccccc3C2(Br)c2ccccc21. The second-order valence-corrected chi connectivity index (χ2v) is 11.2. The standard InChI is InChI=1S/C25H23Br2NO4/c1-2-3-8-13-32-19(29)14-28-22(30)20-21(23(28)31)25(27)16-10-5-4-9-15(16)24(20,26)17-11-6-7-12-18(17)25/h4-7,9-12,20-21H,2-3,8,13-14H2,1H3/t20-,21-,24?,25?/m0/s1. The molecule has 7 heteroatoms. The predicted octanol–water partition coefficient (Wildman–Crippen LogP) is 4.63. The van der Waals surface area contributed by atoms with E-state index in [4.69, 9.17) is 4.74 Å². The van der Waals surface area contributed by atoms with Crippen LogP contribution in [0.3, 0.4) is 0 Å². The molecule has 0 N–H and O–H groups in total.